The number of benzene rings is 2. The second kappa shape index (κ2) is 4.79. The van der Waals surface area contributed by atoms with Crippen LogP contribution in [0.4, 0.5) is 15.2 Å². The van der Waals surface area contributed by atoms with E-state index in [0.29, 0.717) is 5.02 Å². The van der Waals surface area contributed by atoms with E-state index in [4.69, 9.17) is 11.6 Å². The van der Waals surface area contributed by atoms with Gasteiger partial charge in [-0.05, 0) is 42.8 Å². The number of fused-ring (bicyclic) bond motifs is 1. The summed E-state index contributed by atoms with van der Waals surface area (Å²) in [5.41, 5.74) is 2.54. The number of halogens is 2. The first kappa shape index (κ1) is 12.4. The fourth-order valence-electron chi connectivity index (χ4n) is 1.80. The molecule has 0 saturated heterocycles. The summed E-state index contributed by atoms with van der Waals surface area (Å²) in [4.78, 5) is 4.44. The minimum Gasteiger partial charge on any atom is -0.331 e. The number of hydrogen-bond donors (Lipinski definition) is 1. The van der Waals surface area contributed by atoms with E-state index >= 15 is 0 Å². The van der Waals surface area contributed by atoms with Crippen molar-refractivity contribution >= 4 is 44.0 Å². The molecular formula is C14H10ClFN2S. The first-order valence-electron chi connectivity index (χ1n) is 5.71. The van der Waals surface area contributed by atoms with E-state index in [1.807, 2.05) is 25.1 Å². The monoisotopic (exact) mass is 292 g/mol. The highest BCUT2D eigenvalue weighted by Gasteiger charge is 2.06. The minimum absolute atomic E-state index is 0.266. The Morgan fingerprint density at radius 1 is 1.21 bits per heavy atom. The predicted molar refractivity (Wildman–Crippen MR) is 79.0 cm³/mol. The van der Waals surface area contributed by atoms with E-state index in [-0.39, 0.29) is 5.82 Å². The molecule has 0 atom stereocenters. The second-order valence-electron chi connectivity index (χ2n) is 4.22. The van der Waals surface area contributed by atoms with Crippen molar-refractivity contribution in [3.8, 4) is 0 Å². The van der Waals surface area contributed by atoms with Gasteiger partial charge >= 0.3 is 0 Å². The van der Waals surface area contributed by atoms with E-state index in [0.717, 1.165) is 26.6 Å². The number of nitrogens with one attached hydrogen (secondary N) is 1. The van der Waals surface area contributed by atoms with Gasteiger partial charge in [0.1, 0.15) is 5.82 Å². The van der Waals surface area contributed by atoms with E-state index in [2.05, 4.69) is 10.3 Å². The molecule has 96 valence electrons. The summed E-state index contributed by atoms with van der Waals surface area (Å²) >= 11 is 7.44. The maximum Gasteiger partial charge on any atom is 0.188 e. The highest BCUT2D eigenvalue weighted by atomic mass is 35.5. The van der Waals surface area contributed by atoms with Gasteiger partial charge in [-0.15, -0.1) is 0 Å². The van der Waals surface area contributed by atoms with Crippen molar-refractivity contribution in [2.45, 2.75) is 6.92 Å². The maximum atomic E-state index is 13.2. The summed E-state index contributed by atoms with van der Waals surface area (Å²) in [6.45, 7) is 1.92. The largest absolute Gasteiger partial charge is 0.331 e. The lowest BCUT2D eigenvalue weighted by Gasteiger charge is -2.05. The van der Waals surface area contributed by atoms with Crippen LogP contribution >= 0.6 is 22.9 Å². The van der Waals surface area contributed by atoms with Crippen molar-refractivity contribution in [1.82, 2.24) is 4.98 Å². The molecule has 0 aliphatic heterocycles. The molecule has 0 saturated carbocycles. The lowest BCUT2D eigenvalue weighted by atomic mass is 10.2. The zero-order valence-corrected chi connectivity index (χ0v) is 11.6. The van der Waals surface area contributed by atoms with Gasteiger partial charge in [-0.25, -0.2) is 9.37 Å². The molecule has 19 heavy (non-hydrogen) atoms. The Hall–Kier alpha value is -1.65. The van der Waals surface area contributed by atoms with Crippen LogP contribution in [-0.2, 0) is 0 Å². The molecule has 3 rings (SSSR count). The summed E-state index contributed by atoms with van der Waals surface area (Å²) in [5.74, 6) is -0.266. The van der Waals surface area contributed by atoms with Gasteiger partial charge in [0.05, 0.1) is 10.2 Å². The Morgan fingerprint density at radius 3 is 2.89 bits per heavy atom. The van der Waals surface area contributed by atoms with Crippen molar-refractivity contribution in [2.24, 2.45) is 0 Å². The Kier molecular flexibility index (Phi) is 3.12. The van der Waals surface area contributed by atoms with E-state index in [1.54, 1.807) is 6.07 Å². The molecule has 1 aromatic heterocycles. The van der Waals surface area contributed by atoms with Crippen molar-refractivity contribution in [3.63, 3.8) is 0 Å². The molecule has 0 radical (unpaired) electrons. The van der Waals surface area contributed by atoms with E-state index < -0.39 is 0 Å². The molecule has 3 aromatic rings. The third kappa shape index (κ3) is 2.55. The molecule has 5 heteroatoms. The smallest absolute Gasteiger partial charge is 0.188 e. The molecule has 2 nitrogen and oxygen atoms in total. The third-order valence-electron chi connectivity index (χ3n) is 2.79. The average molecular weight is 293 g/mol. The van der Waals surface area contributed by atoms with Crippen LogP contribution in [-0.4, -0.2) is 4.98 Å². The topological polar surface area (TPSA) is 24.9 Å². The number of hydrogen-bond acceptors (Lipinski definition) is 3. The highest BCUT2D eigenvalue weighted by molar-refractivity contribution is 7.22. The molecule has 0 bridgehead atoms. The normalized spacial score (nSPS) is 10.9. The van der Waals surface area contributed by atoms with Crippen LogP contribution < -0.4 is 5.32 Å². The van der Waals surface area contributed by atoms with E-state index in [1.165, 1.54) is 23.5 Å². The van der Waals surface area contributed by atoms with Crippen molar-refractivity contribution in [2.75, 3.05) is 5.32 Å². The molecule has 1 N–H and O–H groups in total. The van der Waals surface area contributed by atoms with Crippen molar-refractivity contribution < 1.29 is 4.39 Å². The van der Waals surface area contributed by atoms with Crippen molar-refractivity contribution in [3.05, 3.63) is 52.8 Å². The first-order valence-corrected chi connectivity index (χ1v) is 6.90. The first-order chi connectivity index (χ1) is 9.11. The summed E-state index contributed by atoms with van der Waals surface area (Å²) < 4.78 is 14.3. The molecule has 2 aromatic carbocycles. The molecular weight excluding hydrogens is 283 g/mol. The average Bonchev–Trinajstić information content (AvgIpc) is 2.75. The van der Waals surface area contributed by atoms with Crippen LogP contribution in [0.3, 0.4) is 0 Å². The number of thiazole rings is 1. The Bertz CT molecular complexity index is 754. The quantitative estimate of drug-likeness (QED) is 0.707. The van der Waals surface area contributed by atoms with Crippen LogP contribution in [0.2, 0.25) is 5.02 Å². The van der Waals surface area contributed by atoms with Crippen LogP contribution in [0.15, 0.2) is 36.4 Å². The summed E-state index contributed by atoms with van der Waals surface area (Å²) in [6, 6.07) is 10.2. The highest BCUT2D eigenvalue weighted by Crippen LogP contribution is 2.31. The number of anilines is 2. The molecule has 0 aliphatic rings. The fourth-order valence-corrected chi connectivity index (χ4v) is 2.82. The fraction of sp³-hybridized carbons (Fsp3) is 0.0714. The lowest BCUT2D eigenvalue weighted by molar-refractivity contribution is 0.628. The SMILES string of the molecule is Cc1ccc(F)cc1Nc1nc2cc(Cl)ccc2s1. The lowest BCUT2D eigenvalue weighted by Crippen LogP contribution is -1.93. The van der Waals surface area contributed by atoms with Gasteiger partial charge in [0.25, 0.3) is 0 Å². The zero-order valence-electron chi connectivity index (χ0n) is 10.1. The third-order valence-corrected chi connectivity index (χ3v) is 3.98. The number of nitrogens with zero attached hydrogens (tertiary/aromatic N) is 1. The minimum atomic E-state index is -0.266. The van der Waals surface area contributed by atoms with Gasteiger partial charge in [0.15, 0.2) is 5.13 Å². The van der Waals surface area contributed by atoms with Gasteiger partial charge in [-0.1, -0.05) is 29.0 Å². The molecule has 0 amide bonds. The predicted octanol–water partition coefficient (Wildman–Crippen LogP) is 5.14. The van der Waals surface area contributed by atoms with Crippen LogP contribution in [0.5, 0.6) is 0 Å². The van der Waals surface area contributed by atoms with Gasteiger partial charge in [-0.2, -0.15) is 0 Å². The Balaban J connectivity index is 1.98. The zero-order chi connectivity index (χ0) is 13.4. The molecule has 0 fully saturated rings. The number of aromatic nitrogens is 1. The Morgan fingerprint density at radius 2 is 2.05 bits per heavy atom. The molecule has 0 unspecified atom stereocenters. The van der Waals surface area contributed by atoms with Gasteiger partial charge in [0, 0.05) is 10.7 Å². The summed E-state index contributed by atoms with van der Waals surface area (Å²) in [7, 11) is 0. The summed E-state index contributed by atoms with van der Waals surface area (Å²) in [5, 5.41) is 4.53. The Labute approximate surface area is 118 Å². The van der Waals surface area contributed by atoms with E-state index in [9.17, 15) is 4.39 Å². The second-order valence-corrected chi connectivity index (χ2v) is 5.68. The van der Waals surface area contributed by atoms with Gasteiger partial charge in [-0.3, -0.25) is 0 Å². The van der Waals surface area contributed by atoms with Crippen molar-refractivity contribution in [1.29, 1.82) is 0 Å². The van der Waals surface area contributed by atoms with Crippen LogP contribution in [0, 0.1) is 12.7 Å². The standard InChI is InChI=1S/C14H10ClFN2S/c1-8-2-4-10(16)7-11(8)17-14-18-12-6-9(15)3-5-13(12)19-14/h2-7H,1H3,(H,17,18). The summed E-state index contributed by atoms with van der Waals surface area (Å²) in [6.07, 6.45) is 0. The number of aryl methyl sites for hydroxylation is 1. The van der Waals surface area contributed by atoms with Gasteiger partial charge in [0.2, 0.25) is 0 Å². The number of rotatable bonds is 2. The van der Waals surface area contributed by atoms with Crippen LogP contribution in [0.25, 0.3) is 10.2 Å². The van der Waals surface area contributed by atoms with Gasteiger partial charge < -0.3 is 5.32 Å². The molecule has 0 spiro atoms. The molecule has 0 aliphatic carbocycles. The molecule has 1 heterocycles. The van der Waals surface area contributed by atoms with Crippen LogP contribution in [0.1, 0.15) is 5.56 Å². The maximum absolute atomic E-state index is 13.2.